The van der Waals surface area contributed by atoms with Gasteiger partial charge < -0.3 is 13.9 Å². The van der Waals surface area contributed by atoms with Crippen LogP contribution in [0.2, 0.25) is 0 Å². The molecule has 18 heavy (non-hydrogen) atoms. The lowest BCUT2D eigenvalue weighted by molar-refractivity contribution is 0.0718. The Morgan fingerprint density at radius 1 is 1.50 bits per heavy atom. The highest BCUT2D eigenvalue weighted by molar-refractivity contribution is 5.92. The van der Waals surface area contributed by atoms with E-state index in [9.17, 15) is 4.79 Å². The van der Waals surface area contributed by atoms with E-state index in [1.165, 1.54) is 6.26 Å². The van der Waals surface area contributed by atoms with Gasteiger partial charge in [0.1, 0.15) is 6.26 Å². The Labute approximate surface area is 103 Å². The van der Waals surface area contributed by atoms with Crippen molar-refractivity contribution >= 4 is 5.91 Å². The number of aryl methyl sites for hydroxylation is 1. The number of aromatic nitrogens is 3. The molecule has 3 rings (SSSR count). The quantitative estimate of drug-likeness (QED) is 0.797. The average Bonchev–Trinajstić information content (AvgIpc) is 3.09. The zero-order chi connectivity index (χ0) is 12.5. The van der Waals surface area contributed by atoms with Crippen LogP contribution in [-0.2, 0) is 0 Å². The van der Waals surface area contributed by atoms with E-state index in [0.717, 1.165) is 12.8 Å². The molecule has 1 saturated heterocycles. The Balaban J connectivity index is 1.85. The predicted octanol–water partition coefficient (Wildman–Crippen LogP) is 1.34. The van der Waals surface area contributed by atoms with E-state index in [0.29, 0.717) is 24.0 Å². The van der Waals surface area contributed by atoms with Crippen LogP contribution in [0.1, 0.15) is 41.1 Å². The summed E-state index contributed by atoms with van der Waals surface area (Å²) in [6.45, 7) is 2.40. The molecule has 0 aromatic carbocycles. The molecule has 1 atom stereocenters. The third-order valence-corrected chi connectivity index (χ3v) is 3.01. The van der Waals surface area contributed by atoms with Gasteiger partial charge in [-0.2, -0.15) is 4.98 Å². The second-order valence-corrected chi connectivity index (χ2v) is 4.21. The maximum absolute atomic E-state index is 12.2. The minimum Gasteiger partial charge on any atom is -0.364 e. The molecule has 1 fully saturated rings. The lowest BCUT2D eigenvalue weighted by Gasteiger charge is -2.20. The van der Waals surface area contributed by atoms with Crippen molar-refractivity contribution in [2.75, 3.05) is 6.54 Å². The minimum atomic E-state index is -0.159. The molecule has 0 aliphatic carbocycles. The van der Waals surface area contributed by atoms with Crippen LogP contribution in [0.3, 0.4) is 0 Å². The third kappa shape index (κ3) is 1.77. The second kappa shape index (κ2) is 4.25. The first kappa shape index (κ1) is 10.9. The Bertz CT molecular complexity index is 548. The lowest BCUT2D eigenvalue weighted by atomic mass is 10.2. The van der Waals surface area contributed by atoms with Gasteiger partial charge in [0.15, 0.2) is 11.5 Å². The molecule has 3 heterocycles. The summed E-state index contributed by atoms with van der Waals surface area (Å²) in [6.07, 6.45) is 3.14. The Hall–Kier alpha value is -2.18. The standard InChI is InChI=1S/C11H12N4O3/c1-7-12-10(14-18-7)9-3-2-5-15(9)11(16)8-4-6-17-13-8/h4,6,9H,2-3,5H2,1H3/t9-/m0/s1. The van der Waals surface area contributed by atoms with Crippen LogP contribution in [0.25, 0.3) is 0 Å². The number of amides is 1. The summed E-state index contributed by atoms with van der Waals surface area (Å²) in [5.74, 6) is 0.904. The van der Waals surface area contributed by atoms with Crippen LogP contribution in [0.4, 0.5) is 0 Å². The van der Waals surface area contributed by atoms with Crippen molar-refractivity contribution in [3.8, 4) is 0 Å². The first-order valence-corrected chi connectivity index (χ1v) is 5.77. The number of hydrogen-bond acceptors (Lipinski definition) is 6. The first-order chi connectivity index (χ1) is 8.75. The van der Waals surface area contributed by atoms with Crippen molar-refractivity contribution in [2.24, 2.45) is 0 Å². The van der Waals surface area contributed by atoms with Gasteiger partial charge >= 0.3 is 0 Å². The maximum Gasteiger partial charge on any atom is 0.276 e. The molecule has 2 aromatic rings. The van der Waals surface area contributed by atoms with Crippen LogP contribution in [0.15, 0.2) is 21.4 Å². The first-order valence-electron chi connectivity index (χ1n) is 5.77. The number of carbonyl (C=O) groups excluding carboxylic acids is 1. The summed E-state index contributed by atoms with van der Waals surface area (Å²) in [5.41, 5.74) is 0.308. The summed E-state index contributed by atoms with van der Waals surface area (Å²) in [5, 5.41) is 7.55. The van der Waals surface area contributed by atoms with Crippen LogP contribution < -0.4 is 0 Å². The molecule has 0 spiro atoms. The molecule has 7 heteroatoms. The van der Waals surface area contributed by atoms with Gasteiger partial charge in [0, 0.05) is 19.5 Å². The third-order valence-electron chi connectivity index (χ3n) is 3.01. The molecule has 0 unspecified atom stereocenters. The van der Waals surface area contributed by atoms with Gasteiger partial charge in [-0.25, -0.2) is 0 Å². The van der Waals surface area contributed by atoms with Gasteiger partial charge in [-0.1, -0.05) is 10.3 Å². The minimum absolute atomic E-state index is 0.133. The number of rotatable bonds is 2. The largest absolute Gasteiger partial charge is 0.364 e. The smallest absolute Gasteiger partial charge is 0.276 e. The fourth-order valence-corrected chi connectivity index (χ4v) is 2.20. The zero-order valence-electron chi connectivity index (χ0n) is 9.87. The maximum atomic E-state index is 12.2. The van der Waals surface area contributed by atoms with E-state index in [4.69, 9.17) is 9.05 Å². The predicted molar refractivity (Wildman–Crippen MR) is 58.5 cm³/mol. The molecule has 1 amide bonds. The van der Waals surface area contributed by atoms with Crippen LogP contribution in [0, 0.1) is 6.92 Å². The second-order valence-electron chi connectivity index (χ2n) is 4.21. The van der Waals surface area contributed by atoms with Gasteiger partial charge in [0.05, 0.1) is 6.04 Å². The van der Waals surface area contributed by atoms with E-state index < -0.39 is 0 Å². The van der Waals surface area contributed by atoms with Crippen molar-refractivity contribution in [3.63, 3.8) is 0 Å². The molecular formula is C11H12N4O3. The van der Waals surface area contributed by atoms with E-state index >= 15 is 0 Å². The van der Waals surface area contributed by atoms with E-state index in [2.05, 4.69) is 15.3 Å². The van der Waals surface area contributed by atoms with Crippen LogP contribution in [-0.4, -0.2) is 32.6 Å². The molecular weight excluding hydrogens is 236 g/mol. The van der Waals surface area contributed by atoms with Gasteiger partial charge in [0.25, 0.3) is 5.91 Å². The number of likely N-dealkylation sites (tertiary alicyclic amines) is 1. The molecule has 0 bridgehead atoms. The van der Waals surface area contributed by atoms with Gasteiger partial charge in [-0.15, -0.1) is 0 Å². The van der Waals surface area contributed by atoms with E-state index in [1.54, 1.807) is 17.9 Å². The average molecular weight is 248 g/mol. The van der Waals surface area contributed by atoms with Crippen molar-refractivity contribution in [1.82, 2.24) is 20.2 Å². The fraction of sp³-hybridized carbons (Fsp3) is 0.455. The fourth-order valence-electron chi connectivity index (χ4n) is 2.20. The number of carbonyl (C=O) groups is 1. The Kier molecular flexibility index (Phi) is 2.58. The number of hydrogen-bond donors (Lipinski definition) is 0. The van der Waals surface area contributed by atoms with Crippen LogP contribution >= 0.6 is 0 Å². The monoisotopic (exact) mass is 248 g/mol. The van der Waals surface area contributed by atoms with Crippen molar-refractivity contribution in [1.29, 1.82) is 0 Å². The molecule has 2 aromatic heterocycles. The topological polar surface area (TPSA) is 85.3 Å². The molecule has 7 nitrogen and oxygen atoms in total. The molecule has 0 N–H and O–H groups in total. The summed E-state index contributed by atoms with van der Waals surface area (Å²) < 4.78 is 9.66. The van der Waals surface area contributed by atoms with Crippen molar-refractivity contribution in [3.05, 3.63) is 29.7 Å². The molecule has 94 valence electrons. The molecule has 1 aliphatic rings. The Morgan fingerprint density at radius 3 is 3.06 bits per heavy atom. The number of nitrogens with zero attached hydrogens (tertiary/aromatic N) is 4. The van der Waals surface area contributed by atoms with Gasteiger partial charge in [-0.3, -0.25) is 4.79 Å². The summed E-state index contributed by atoms with van der Waals surface area (Å²) >= 11 is 0. The van der Waals surface area contributed by atoms with E-state index in [-0.39, 0.29) is 11.9 Å². The molecule has 0 saturated carbocycles. The lowest BCUT2D eigenvalue weighted by Crippen LogP contribution is -2.31. The van der Waals surface area contributed by atoms with E-state index in [1.807, 2.05) is 0 Å². The Morgan fingerprint density at radius 2 is 2.39 bits per heavy atom. The van der Waals surface area contributed by atoms with Crippen molar-refractivity contribution < 1.29 is 13.8 Å². The SMILES string of the molecule is Cc1nc([C@@H]2CCCN2C(=O)c2ccon2)no1. The summed E-state index contributed by atoms with van der Waals surface area (Å²) in [6, 6.07) is 1.42. The summed E-state index contributed by atoms with van der Waals surface area (Å²) in [4.78, 5) is 18.1. The molecule has 1 aliphatic heterocycles. The highest BCUT2D eigenvalue weighted by Gasteiger charge is 2.34. The van der Waals surface area contributed by atoms with Crippen molar-refractivity contribution in [2.45, 2.75) is 25.8 Å². The normalized spacial score (nSPS) is 19.4. The highest BCUT2D eigenvalue weighted by atomic mass is 16.5. The summed E-state index contributed by atoms with van der Waals surface area (Å²) in [7, 11) is 0. The molecule has 0 radical (unpaired) electrons. The van der Waals surface area contributed by atoms with Crippen LogP contribution in [0.5, 0.6) is 0 Å². The van der Waals surface area contributed by atoms with Gasteiger partial charge in [0.2, 0.25) is 5.89 Å². The zero-order valence-corrected chi connectivity index (χ0v) is 9.87. The highest BCUT2D eigenvalue weighted by Crippen LogP contribution is 2.31. The van der Waals surface area contributed by atoms with Gasteiger partial charge in [-0.05, 0) is 12.8 Å².